The second kappa shape index (κ2) is 6.85. The Morgan fingerprint density at radius 1 is 1.31 bits per heavy atom. The molecule has 0 radical (unpaired) electrons. The average Bonchev–Trinajstić information content (AvgIpc) is 3.23. The number of aryl methyl sites for hydroxylation is 1. The van der Waals surface area contributed by atoms with E-state index in [2.05, 4.69) is 27.1 Å². The van der Waals surface area contributed by atoms with Gasteiger partial charge in [0.25, 0.3) is 5.91 Å². The minimum atomic E-state index is -0.0281. The van der Waals surface area contributed by atoms with E-state index in [9.17, 15) is 4.79 Å². The lowest BCUT2D eigenvalue weighted by atomic mass is 9.99. The van der Waals surface area contributed by atoms with Crippen LogP contribution in [0.2, 0.25) is 0 Å². The average molecular weight is 358 g/mol. The van der Waals surface area contributed by atoms with Gasteiger partial charge in [-0.25, -0.2) is 0 Å². The normalized spacial score (nSPS) is 23.9. The Hall–Kier alpha value is -2.19. The number of hydrogen-bond acceptors (Lipinski definition) is 5. The van der Waals surface area contributed by atoms with Crippen molar-refractivity contribution in [1.82, 2.24) is 29.8 Å². The topological polar surface area (TPSA) is 79.3 Å². The molecule has 0 bridgehead atoms. The number of rotatable bonds is 3. The van der Waals surface area contributed by atoms with Gasteiger partial charge in [0.1, 0.15) is 0 Å². The molecule has 2 aromatic heterocycles. The third-order valence-corrected chi connectivity index (χ3v) is 5.33. The first-order valence-corrected chi connectivity index (χ1v) is 9.23. The maximum Gasteiger partial charge on any atom is 0.274 e. The van der Waals surface area contributed by atoms with Crippen molar-refractivity contribution >= 4 is 5.91 Å². The Bertz CT molecular complexity index is 776. The number of nitrogens with one attached hydrogen (secondary N) is 1. The molecule has 8 heteroatoms. The molecule has 8 nitrogen and oxygen atoms in total. The molecule has 1 saturated heterocycles. The first kappa shape index (κ1) is 17.2. The molecule has 140 valence electrons. The van der Waals surface area contributed by atoms with Crippen LogP contribution in [0.4, 0.5) is 0 Å². The van der Waals surface area contributed by atoms with Gasteiger partial charge in [-0.3, -0.25) is 19.5 Å². The van der Waals surface area contributed by atoms with Gasteiger partial charge in [0, 0.05) is 63.5 Å². The largest absolute Gasteiger partial charge is 0.369 e. The highest BCUT2D eigenvalue weighted by Gasteiger charge is 2.33. The van der Waals surface area contributed by atoms with Crippen LogP contribution in [0.1, 0.15) is 47.3 Å². The predicted octanol–water partition coefficient (Wildman–Crippen LogP) is 1.12. The molecule has 4 rings (SSSR count). The molecule has 1 amide bonds. The molecule has 2 aliphatic rings. The smallest absolute Gasteiger partial charge is 0.274 e. The third kappa shape index (κ3) is 3.14. The molecule has 2 aliphatic heterocycles. The summed E-state index contributed by atoms with van der Waals surface area (Å²) >= 11 is 0. The Kier molecular flexibility index (Phi) is 4.54. The second-order valence-corrected chi connectivity index (χ2v) is 7.30. The van der Waals surface area contributed by atoms with Gasteiger partial charge < -0.3 is 9.64 Å². The summed E-state index contributed by atoms with van der Waals surface area (Å²) < 4.78 is 7.71. The zero-order valence-electron chi connectivity index (χ0n) is 15.6. The second-order valence-electron chi connectivity index (χ2n) is 7.30. The maximum absolute atomic E-state index is 13.1. The summed E-state index contributed by atoms with van der Waals surface area (Å²) in [6.45, 7) is 8.12. The van der Waals surface area contributed by atoms with E-state index >= 15 is 0 Å². The van der Waals surface area contributed by atoms with Crippen molar-refractivity contribution < 1.29 is 9.53 Å². The summed E-state index contributed by atoms with van der Waals surface area (Å²) in [5.41, 5.74) is 3.87. The molecule has 2 atom stereocenters. The highest BCUT2D eigenvalue weighted by atomic mass is 16.5. The molecule has 1 fully saturated rings. The molecule has 1 N–H and O–H groups in total. The van der Waals surface area contributed by atoms with E-state index in [1.807, 2.05) is 35.9 Å². The minimum Gasteiger partial charge on any atom is -0.369 e. The van der Waals surface area contributed by atoms with Crippen LogP contribution in [-0.4, -0.2) is 68.0 Å². The lowest BCUT2D eigenvalue weighted by Gasteiger charge is -2.34. The number of carbonyl (C=O) groups is 1. The van der Waals surface area contributed by atoms with Gasteiger partial charge >= 0.3 is 0 Å². The monoisotopic (exact) mass is 358 g/mol. The Labute approximate surface area is 153 Å². The highest BCUT2D eigenvalue weighted by Crippen LogP contribution is 2.32. The van der Waals surface area contributed by atoms with Crippen LogP contribution in [0.5, 0.6) is 0 Å². The van der Waals surface area contributed by atoms with E-state index in [0.717, 1.165) is 50.4 Å². The van der Waals surface area contributed by atoms with E-state index in [1.165, 1.54) is 5.56 Å². The van der Waals surface area contributed by atoms with Crippen LogP contribution in [0, 0.1) is 0 Å². The van der Waals surface area contributed by atoms with Gasteiger partial charge in [0.05, 0.1) is 24.1 Å². The molecular formula is C18H26N6O2. The number of ether oxygens (including phenoxy) is 1. The molecule has 0 spiro atoms. The highest BCUT2D eigenvalue weighted by molar-refractivity contribution is 5.94. The molecule has 0 saturated carbocycles. The SMILES string of the molecule is C[C@@H]1Cc2c(C(=O)N3CCN(Cc4cn[nH]c4)CC3)nn(C)c2[C@H](C)O1. The van der Waals surface area contributed by atoms with E-state index in [-0.39, 0.29) is 18.1 Å². The summed E-state index contributed by atoms with van der Waals surface area (Å²) in [5, 5.41) is 11.4. The van der Waals surface area contributed by atoms with E-state index in [4.69, 9.17) is 4.74 Å². The van der Waals surface area contributed by atoms with Gasteiger partial charge in [0.15, 0.2) is 5.69 Å². The van der Waals surface area contributed by atoms with Gasteiger partial charge in [-0.05, 0) is 13.8 Å². The first-order chi connectivity index (χ1) is 12.5. The fourth-order valence-corrected chi connectivity index (χ4v) is 4.09. The Morgan fingerprint density at radius 2 is 2.08 bits per heavy atom. The summed E-state index contributed by atoms with van der Waals surface area (Å²) in [7, 11) is 1.90. The van der Waals surface area contributed by atoms with Gasteiger partial charge in [-0.2, -0.15) is 10.2 Å². The molecule has 0 unspecified atom stereocenters. The van der Waals surface area contributed by atoms with Crippen molar-refractivity contribution in [2.75, 3.05) is 26.2 Å². The van der Waals surface area contributed by atoms with Gasteiger partial charge in [-0.1, -0.05) is 0 Å². The fourth-order valence-electron chi connectivity index (χ4n) is 4.09. The lowest BCUT2D eigenvalue weighted by molar-refractivity contribution is -0.00908. The summed E-state index contributed by atoms with van der Waals surface area (Å²) in [6, 6.07) is 0. The van der Waals surface area contributed by atoms with Crippen molar-refractivity contribution in [3.63, 3.8) is 0 Å². The minimum absolute atomic E-state index is 0.0281. The number of hydrogen-bond donors (Lipinski definition) is 1. The van der Waals surface area contributed by atoms with Crippen LogP contribution in [0.3, 0.4) is 0 Å². The van der Waals surface area contributed by atoms with Crippen LogP contribution in [0.15, 0.2) is 12.4 Å². The zero-order chi connectivity index (χ0) is 18.3. The number of aromatic amines is 1. The summed E-state index contributed by atoms with van der Waals surface area (Å²) in [5.74, 6) is 0.0473. The Balaban J connectivity index is 1.45. The van der Waals surface area contributed by atoms with Crippen LogP contribution >= 0.6 is 0 Å². The number of piperazine rings is 1. The summed E-state index contributed by atoms with van der Waals surface area (Å²) in [6.07, 6.45) is 4.60. The first-order valence-electron chi connectivity index (χ1n) is 9.23. The number of aromatic nitrogens is 4. The van der Waals surface area contributed by atoms with Crippen molar-refractivity contribution in [2.24, 2.45) is 7.05 Å². The van der Waals surface area contributed by atoms with Crippen molar-refractivity contribution in [3.05, 3.63) is 34.9 Å². The number of amides is 1. The number of nitrogens with zero attached hydrogens (tertiary/aromatic N) is 5. The lowest BCUT2D eigenvalue weighted by Crippen LogP contribution is -2.48. The molecule has 2 aromatic rings. The Morgan fingerprint density at radius 3 is 2.77 bits per heavy atom. The number of carbonyl (C=O) groups excluding carboxylic acids is 1. The van der Waals surface area contributed by atoms with Crippen molar-refractivity contribution in [1.29, 1.82) is 0 Å². The number of H-pyrrole nitrogens is 1. The molecular weight excluding hydrogens is 332 g/mol. The number of fused-ring (bicyclic) bond motifs is 1. The predicted molar refractivity (Wildman–Crippen MR) is 95.6 cm³/mol. The van der Waals surface area contributed by atoms with Gasteiger partial charge in [-0.15, -0.1) is 0 Å². The molecule has 0 aliphatic carbocycles. The van der Waals surface area contributed by atoms with Crippen molar-refractivity contribution in [2.45, 2.75) is 39.0 Å². The van der Waals surface area contributed by atoms with E-state index in [0.29, 0.717) is 5.69 Å². The van der Waals surface area contributed by atoms with Crippen LogP contribution in [-0.2, 0) is 24.8 Å². The standard InChI is InChI=1S/C18H26N6O2/c1-12-8-15-16(21-22(3)17(15)13(2)26-12)18(25)24-6-4-23(5-7-24)11-14-9-19-20-10-14/h9-10,12-13H,4-8,11H2,1-3H3,(H,19,20)/t12-,13+/m1/s1. The van der Waals surface area contributed by atoms with Crippen LogP contribution < -0.4 is 0 Å². The third-order valence-electron chi connectivity index (χ3n) is 5.33. The maximum atomic E-state index is 13.1. The van der Waals surface area contributed by atoms with E-state index < -0.39 is 0 Å². The van der Waals surface area contributed by atoms with Gasteiger partial charge in [0.2, 0.25) is 0 Å². The summed E-state index contributed by atoms with van der Waals surface area (Å²) in [4.78, 5) is 17.4. The zero-order valence-corrected chi connectivity index (χ0v) is 15.6. The quantitative estimate of drug-likeness (QED) is 0.890. The molecule has 26 heavy (non-hydrogen) atoms. The molecule has 4 heterocycles. The van der Waals surface area contributed by atoms with E-state index in [1.54, 1.807) is 0 Å². The van der Waals surface area contributed by atoms with Crippen LogP contribution in [0.25, 0.3) is 0 Å². The fraction of sp³-hybridized carbons (Fsp3) is 0.611. The molecule has 0 aromatic carbocycles. The van der Waals surface area contributed by atoms with Crippen molar-refractivity contribution in [3.8, 4) is 0 Å².